The zero-order valence-corrected chi connectivity index (χ0v) is 14.3. The Labute approximate surface area is 157 Å². The van der Waals surface area contributed by atoms with Gasteiger partial charge in [0, 0.05) is 6.20 Å². The number of carboxylic acids is 1. The third-order valence-electron chi connectivity index (χ3n) is 2.46. The van der Waals surface area contributed by atoms with Crippen molar-refractivity contribution in [2.24, 2.45) is 0 Å². The number of hydrogen-bond donors (Lipinski definition) is 1. The Hall–Kier alpha value is -0.994. The molecule has 98 valence electrons. The predicted molar refractivity (Wildman–Crippen MR) is 65.8 cm³/mol. The third-order valence-corrected chi connectivity index (χ3v) is 2.46. The second kappa shape index (κ2) is 7.70. The molecular weight excluding hydrogens is 287 g/mol. The van der Waals surface area contributed by atoms with Gasteiger partial charge in [0.15, 0.2) is 0 Å². The largest absolute Gasteiger partial charge is 1.00 e. The molecule has 0 radical (unpaired) electrons. The number of para-hydroxylation sites is 1. The molecule has 0 aliphatic heterocycles. The summed E-state index contributed by atoms with van der Waals surface area (Å²) in [7, 11) is 0. The van der Waals surface area contributed by atoms with E-state index in [2.05, 4.69) is 9.97 Å². The fraction of sp³-hybridized carbons (Fsp3) is 0.154. The van der Waals surface area contributed by atoms with Gasteiger partial charge in [0.2, 0.25) is 0 Å². The minimum atomic E-state index is -1.56. The van der Waals surface area contributed by atoms with E-state index >= 15 is 0 Å². The molecule has 0 atom stereocenters. The van der Waals surface area contributed by atoms with Crippen LogP contribution in [0, 0.1) is 0 Å². The van der Waals surface area contributed by atoms with Crippen LogP contribution in [-0.4, -0.2) is 22.5 Å². The van der Waals surface area contributed by atoms with Gasteiger partial charge < -0.3 is 19.6 Å². The van der Waals surface area contributed by atoms with Crippen molar-refractivity contribution in [3.05, 3.63) is 46.4 Å². The average molecular weight is 298 g/mol. The van der Waals surface area contributed by atoms with E-state index < -0.39 is 17.1 Å². The molecule has 0 fully saturated rings. The van der Waals surface area contributed by atoms with Crippen LogP contribution < -0.4 is 66.8 Å². The molecule has 7 heteroatoms. The Morgan fingerprint density at radius 3 is 2.70 bits per heavy atom. The van der Waals surface area contributed by atoms with E-state index in [1.165, 1.54) is 0 Å². The Balaban J connectivity index is 0.00000200. The van der Waals surface area contributed by atoms with E-state index in [0.717, 1.165) is 6.20 Å². The van der Waals surface area contributed by atoms with Gasteiger partial charge in [0.05, 0.1) is 23.7 Å². The van der Waals surface area contributed by atoms with Crippen molar-refractivity contribution in [3.8, 4) is 17.1 Å². The van der Waals surface area contributed by atoms with Gasteiger partial charge in [0.25, 0.3) is 5.56 Å². The summed E-state index contributed by atoms with van der Waals surface area (Å²) in [5.74, 6) is -0.744. The van der Waals surface area contributed by atoms with Crippen LogP contribution in [0.1, 0.15) is 17.3 Å². The molecule has 20 heavy (non-hydrogen) atoms. The van der Waals surface area contributed by atoms with Crippen LogP contribution in [-0.2, 0) is 0 Å². The van der Waals surface area contributed by atoms with Gasteiger partial charge in [-0.15, -0.1) is 0 Å². The predicted octanol–water partition coefficient (Wildman–Crippen LogP) is -2.80. The van der Waals surface area contributed by atoms with Crippen LogP contribution in [0.25, 0.3) is 11.4 Å². The van der Waals surface area contributed by atoms with Gasteiger partial charge in [-0.25, -0.2) is 4.98 Å². The molecule has 0 saturated heterocycles. The summed E-state index contributed by atoms with van der Waals surface area (Å²) in [5.41, 5.74) is -0.666. The number of nitrogens with zero attached hydrogens (tertiary/aromatic N) is 1. The standard InChI is InChI=1S/C13H12N2O4.K/c1-2-19-10-6-4-3-5-8(10)11-14-7-9(13(17)18)12(16)15-11;/h3-7H,2H2,1H3,(H,17,18)(H,14,15,16);/q;+1/p-1. The third kappa shape index (κ3) is 3.77. The topological polar surface area (TPSA) is 95.1 Å². The van der Waals surface area contributed by atoms with Crippen molar-refractivity contribution in [1.29, 1.82) is 0 Å². The molecule has 0 spiro atoms. The van der Waals surface area contributed by atoms with E-state index in [1.807, 2.05) is 6.92 Å². The molecule has 1 aromatic heterocycles. The second-order valence-corrected chi connectivity index (χ2v) is 3.69. The second-order valence-electron chi connectivity index (χ2n) is 3.69. The molecule has 0 unspecified atom stereocenters. The normalized spacial score (nSPS) is 9.65. The van der Waals surface area contributed by atoms with Crippen molar-refractivity contribution in [2.45, 2.75) is 6.92 Å². The zero-order chi connectivity index (χ0) is 13.8. The molecule has 6 nitrogen and oxygen atoms in total. The van der Waals surface area contributed by atoms with E-state index in [-0.39, 0.29) is 57.2 Å². The van der Waals surface area contributed by atoms with Crippen LogP contribution >= 0.6 is 0 Å². The van der Waals surface area contributed by atoms with Crippen LogP contribution in [0.15, 0.2) is 35.3 Å². The first-order valence-corrected chi connectivity index (χ1v) is 5.66. The maximum Gasteiger partial charge on any atom is 1.00 e. The monoisotopic (exact) mass is 298 g/mol. The van der Waals surface area contributed by atoms with Gasteiger partial charge in [-0.2, -0.15) is 0 Å². The van der Waals surface area contributed by atoms with Crippen LogP contribution in [0.5, 0.6) is 5.75 Å². The minimum absolute atomic E-state index is 0. The molecule has 2 aromatic rings. The van der Waals surface area contributed by atoms with Crippen molar-refractivity contribution < 1.29 is 66.0 Å². The number of ether oxygens (including phenoxy) is 1. The van der Waals surface area contributed by atoms with Crippen LogP contribution in [0.3, 0.4) is 0 Å². The number of benzene rings is 1. The molecule has 1 aromatic carbocycles. The fourth-order valence-corrected chi connectivity index (χ4v) is 1.62. The summed E-state index contributed by atoms with van der Waals surface area (Å²) in [6, 6.07) is 7.03. The van der Waals surface area contributed by atoms with Gasteiger partial charge in [0.1, 0.15) is 11.6 Å². The first kappa shape index (κ1) is 17.1. The van der Waals surface area contributed by atoms with Crippen molar-refractivity contribution in [2.75, 3.05) is 6.61 Å². The number of carboxylic acid groups (broad SMARTS) is 1. The smallest absolute Gasteiger partial charge is 0.545 e. The summed E-state index contributed by atoms with van der Waals surface area (Å²) >= 11 is 0. The summed E-state index contributed by atoms with van der Waals surface area (Å²) in [6.07, 6.45) is 0.978. The van der Waals surface area contributed by atoms with E-state index in [0.29, 0.717) is 17.9 Å². The number of carbonyl (C=O) groups excluding carboxylic acids is 1. The van der Waals surface area contributed by atoms with Crippen molar-refractivity contribution >= 4 is 5.97 Å². The van der Waals surface area contributed by atoms with Crippen LogP contribution in [0.4, 0.5) is 0 Å². The number of aromatic carboxylic acids is 1. The Kier molecular flexibility index (Phi) is 6.57. The number of nitrogens with one attached hydrogen (secondary N) is 1. The summed E-state index contributed by atoms with van der Waals surface area (Å²) in [5, 5.41) is 10.6. The number of H-pyrrole nitrogens is 1. The number of aromatic nitrogens is 2. The molecule has 0 saturated carbocycles. The van der Waals surface area contributed by atoms with Gasteiger partial charge >= 0.3 is 51.4 Å². The average Bonchev–Trinajstić information content (AvgIpc) is 2.39. The van der Waals surface area contributed by atoms with Crippen LogP contribution in [0.2, 0.25) is 0 Å². The quantitative estimate of drug-likeness (QED) is 0.615. The molecule has 0 aliphatic carbocycles. The maximum atomic E-state index is 11.6. The minimum Gasteiger partial charge on any atom is -0.545 e. The first-order chi connectivity index (χ1) is 9.13. The number of rotatable bonds is 4. The van der Waals surface area contributed by atoms with Gasteiger partial charge in [-0.1, -0.05) is 12.1 Å². The molecule has 2 rings (SSSR count). The number of aromatic amines is 1. The molecule has 0 aliphatic rings. The summed E-state index contributed by atoms with van der Waals surface area (Å²) < 4.78 is 5.42. The van der Waals surface area contributed by atoms with Gasteiger partial charge in [-0.3, -0.25) is 4.79 Å². The first-order valence-electron chi connectivity index (χ1n) is 5.66. The molecule has 0 amide bonds. The fourth-order valence-electron chi connectivity index (χ4n) is 1.62. The van der Waals surface area contributed by atoms with Crippen molar-refractivity contribution in [3.63, 3.8) is 0 Å². The van der Waals surface area contributed by atoms with E-state index in [9.17, 15) is 14.7 Å². The zero-order valence-electron chi connectivity index (χ0n) is 11.2. The summed E-state index contributed by atoms with van der Waals surface area (Å²) in [4.78, 5) is 28.5. The van der Waals surface area contributed by atoms with E-state index in [1.54, 1.807) is 24.3 Å². The SMILES string of the molecule is CCOc1ccccc1-c1ncc(C(=O)[O-])c(=O)[nH]1.[K+]. The Morgan fingerprint density at radius 1 is 1.40 bits per heavy atom. The molecule has 1 heterocycles. The molecule has 1 N–H and O–H groups in total. The summed E-state index contributed by atoms with van der Waals surface area (Å²) in [6.45, 7) is 2.31. The molecule has 0 bridgehead atoms. The Bertz CT molecular complexity index is 669. The maximum absolute atomic E-state index is 11.6. The van der Waals surface area contributed by atoms with E-state index in [4.69, 9.17) is 4.74 Å². The number of hydrogen-bond acceptors (Lipinski definition) is 5. The number of carbonyl (C=O) groups is 1. The van der Waals surface area contributed by atoms with Crippen molar-refractivity contribution in [1.82, 2.24) is 9.97 Å². The molecular formula is C13H11KN2O4. The Morgan fingerprint density at radius 2 is 2.10 bits per heavy atom. The van der Waals surface area contributed by atoms with Gasteiger partial charge in [-0.05, 0) is 19.1 Å².